The molecular formula is C11H18N2S. The Morgan fingerprint density at radius 3 is 2.93 bits per heavy atom. The van der Waals surface area contributed by atoms with Crippen LogP contribution >= 0.6 is 11.8 Å². The Labute approximate surface area is 90.5 Å². The first-order valence-electron chi connectivity index (χ1n) is 5.01. The van der Waals surface area contributed by atoms with Gasteiger partial charge in [0.15, 0.2) is 0 Å². The van der Waals surface area contributed by atoms with Gasteiger partial charge in [0.2, 0.25) is 0 Å². The zero-order valence-electron chi connectivity index (χ0n) is 8.86. The normalized spacial score (nSPS) is 12.7. The molecule has 78 valence electrons. The topological polar surface area (TPSA) is 24.9 Å². The second-order valence-corrected chi connectivity index (χ2v) is 4.49. The average Bonchev–Trinajstić information content (AvgIpc) is 2.25. The highest BCUT2D eigenvalue weighted by molar-refractivity contribution is 7.99. The van der Waals surface area contributed by atoms with Crippen molar-refractivity contribution in [3.8, 4) is 0 Å². The van der Waals surface area contributed by atoms with Crippen molar-refractivity contribution in [3.63, 3.8) is 0 Å². The summed E-state index contributed by atoms with van der Waals surface area (Å²) in [5.74, 6) is 2.34. The molecule has 1 N–H and O–H groups in total. The van der Waals surface area contributed by atoms with Gasteiger partial charge in [-0.25, -0.2) is 0 Å². The fourth-order valence-electron chi connectivity index (χ4n) is 1.28. The molecule has 0 bridgehead atoms. The van der Waals surface area contributed by atoms with Crippen LogP contribution in [-0.2, 0) is 6.42 Å². The van der Waals surface area contributed by atoms with Crippen molar-refractivity contribution in [3.05, 3.63) is 30.1 Å². The smallest absolute Gasteiger partial charge is 0.0419 e. The maximum absolute atomic E-state index is 4.33. The molecule has 1 aromatic rings. The number of pyridine rings is 1. The van der Waals surface area contributed by atoms with E-state index in [0.29, 0.717) is 6.04 Å². The van der Waals surface area contributed by atoms with Crippen molar-refractivity contribution in [2.45, 2.75) is 19.4 Å². The Balaban J connectivity index is 2.40. The summed E-state index contributed by atoms with van der Waals surface area (Å²) in [5, 5.41) is 3.32. The molecule has 0 saturated heterocycles. The molecule has 0 aromatic carbocycles. The summed E-state index contributed by atoms with van der Waals surface area (Å²) in [5.41, 5.74) is 1.17. The number of hydrogen-bond acceptors (Lipinski definition) is 3. The maximum atomic E-state index is 4.33. The van der Waals surface area contributed by atoms with Crippen LogP contribution in [0.25, 0.3) is 0 Å². The van der Waals surface area contributed by atoms with E-state index >= 15 is 0 Å². The third kappa shape index (κ3) is 4.11. The second kappa shape index (κ2) is 6.85. The molecule has 1 rings (SSSR count). The van der Waals surface area contributed by atoms with Crippen LogP contribution in [0.4, 0.5) is 0 Å². The average molecular weight is 210 g/mol. The lowest BCUT2D eigenvalue weighted by molar-refractivity contribution is 0.609. The zero-order chi connectivity index (χ0) is 10.2. The SMILES string of the molecule is CCSCC(Cc1ccccn1)NC. The summed E-state index contributed by atoms with van der Waals surface area (Å²) in [6.07, 6.45) is 2.87. The quantitative estimate of drug-likeness (QED) is 0.777. The van der Waals surface area contributed by atoms with Gasteiger partial charge in [0.05, 0.1) is 0 Å². The Morgan fingerprint density at radius 1 is 1.50 bits per heavy atom. The molecule has 0 amide bonds. The van der Waals surface area contributed by atoms with Gasteiger partial charge in [0.1, 0.15) is 0 Å². The summed E-state index contributed by atoms with van der Waals surface area (Å²) in [4.78, 5) is 4.33. The third-order valence-corrected chi connectivity index (χ3v) is 3.16. The van der Waals surface area contributed by atoms with Gasteiger partial charge in [-0.15, -0.1) is 0 Å². The molecule has 14 heavy (non-hydrogen) atoms. The van der Waals surface area contributed by atoms with Crippen LogP contribution in [0, 0.1) is 0 Å². The summed E-state index contributed by atoms with van der Waals surface area (Å²) in [6, 6.07) is 6.62. The molecule has 1 unspecified atom stereocenters. The second-order valence-electron chi connectivity index (χ2n) is 3.17. The van der Waals surface area contributed by atoms with Crippen molar-refractivity contribution in [2.75, 3.05) is 18.6 Å². The summed E-state index contributed by atoms with van der Waals surface area (Å²) < 4.78 is 0. The Kier molecular flexibility index (Phi) is 5.64. The molecule has 0 aliphatic carbocycles. The number of rotatable bonds is 6. The first kappa shape index (κ1) is 11.5. The molecule has 1 atom stereocenters. The summed E-state index contributed by atoms with van der Waals surface area (Å²) in [7, 11) is 2.02. The number of aromatic nitrogens is 1. The monoisotopic (exact) mass is 210 g/mol. The van der Waals surface area contributed by atoms with Gasteiger partial charge in [-0.3, -0.25) is 4.98 Å². The van der Waals surface area contributed by atoms with E-state index in [-0.39, 0.29) is 0 Å². The van der Waals surface area contributed by atoms with E-state index in [2.05, 4.69) is 23.3 Å². The number of nitrogens with one attached hydrogen (secondary N) is 1. The highest BCUT2D eigenvalue weighted by Crippen LogP contribution is 2.06. The van der Waals surface area contributed by atoms with Crippen molar-refractivity contribution >= 4 is 11.8 Å². The molecule has 1 heterocycles. The van der Waals surface area contributed by atoms with Gasteiger partial charge in [-0.05, 0) is 24.9 Å². The highest BCUT2D eigenvalue weighted by Gasteiger charge is 2.06. The number of nitrogens with zero attached hydrogens (tertiary/aromatic N) is 1. The predicted molar refractivity (Wildman–Crippen MR) is 63.8 cm³/mol. The van der Waals surface area contributed by atoms with Gasteiger partial charge >= 0.3 is 0 Å². The molecule has 1 aromatic heterocycles. The van der Waals surface area contributed by atoms with Gasteiger partial charge in [0.25, 0.3) is 0 Å². The van der Waals surface area contributed by atoms with Crippen LogP contribution < -0.4 is 5.32 Å². The van der Waals surface area contributed by atoms with E-state index in [0.717, 1.165) is 12.2 Å². The largest absolute Gasteiger partial charge is 0.316 e. The van der Waals surface area contributed by atoms with Crippen molar-refractivity contribution < 1.29 is 0 Å². The molecule has 0 radical (unpaired) electrons. The maximum Gasteiger partial charge on any atom is 0.0419 e. The Hall–Kier alpha value is -0.540. The van der Waals surface area contributed by atoms with E-state index in [1.807, 2.05) is 37.1 Å². The number of likely N-dealkylation sites (N-methyl/N-ethyl adjacent to an activating group) is 1. The van der Waals surface area contributed by atoms with Gasteiger partial charge < -0.3 is 5.32 Å². The van der Waals surface area contributed by atoms with E-state index < -0.39 is 0 Å². The molecule has 2 nitrogen and oxygen atoms in total. The highest BCUT2D eigenvalue weighted by atomic mass is 32.2. The standard InChI is InChI=1S/C11H18N2S/c1-3-14-9-11(12-2)8-10-6-4-5-7-13-10/h4-7,11-12H,3,8-9H2,1-2H3. The number of hydrogen-bond donors (Lipinski definition) is 1. The lowest BCUT2D eigenvalue weighted by Gasteiger charge is -2.14. The molecule has 0 aliphatic rings. The van der Waals surface area contributed by atoms with Crippen LogP contribution in [0.5, 0.6) is 0 Å². The molecule has 0 aliphatic heterocycles. The minimum Gasteiger partial charge on any atom is -0.316 e. The van der Waals surface area contributed by atoms with E-state index in [9.17, 15) is 0 Å². The summed E-state index contributed by atoms with van der Waals surface area (Å²) in [6.45, 7) is 2.19. The van der Waals surface area contributed by atoms with Crippen LogP contribution in [0.2, 0.25) is 0 Å². The van der Waals surface area contributed by atoms with Gasteiger partial charge in [-0.1, -0.05) is 13.0 Å². The van der Waals surface area contributed by atoms with Gasteiger partial charge in [0, 0.05) is 30.1 Å². The van der Waals surface area contributed by atoms with E-state index in [1.165, 1.54) is 11.4 Å². The Bertz CT molecular complexity index is 238. The fourth-order valence-corrected chi connectivity index (χ4v) is 2.08. The lowest BCUT2D eigenvalue weighted by Crippen LogP contribution is -2.30. The predicted octanol–water partition coefficient (Wildman–Crippen LogP) is 1.97. The van der Waals surface area contributed by atoms with E-state index in [4.69, 9.17) is 0 Å². The first-order chi connectivity index (χ1) is 6.86. The van der Waals surface area contributed by atoms with Crippen LogP contribution in [0.15, 0.2) is 24.4 Å². The molecule has 0 fully saturated rings. The van der Waals surface area contributed by atoms with Crippen LogP contribution in [-0.4, -0.2) is 29.6 Å². The lowest BCUT2D eigenvalue weighted by atomic mass is 10.2. The molecular weight excluding hydrogens is 192 g/mol. The Morgan fingerprint density at radius 2 is 2.36 bits per heavy atom. The zero-order valence-corrected chi connectivity index (χ0v) is 9.68. The van der Waals surface area contributed by atoms with Gasteiger partial charge in [-0.2, -0.15) is 11.8 Å². The van der Waals surface area contributed by atoms with Crippen LogP contribution in [0.1, 0.15) is 12.6 Å². The minimum absolute atomic E-state index is 0.537. The first-order valence-corrected chi connectivity index (χ1v) is 6.17. The summed E-state index contributed by atoms with van der Waals surface area (Å²) >= 11 is 1.97. The number of thioether (sulfide) groups is 1. The molecule has 0 saturated carbocycles. The molecule has 3 heteroatoms. The van der Waals surface area contributed by atoms with Crippen molar-refractivity contribution in [2.24, 2.45) is 0 Å². The fraction of sp³-hybridized carbons (Fsp3) is 0.545. The van der Waals surface area contributed by atoms with Crippen LogP contribution in [0.3, 0.4) is 0 Å². The minimum atomic E-state index is 0.537. The molecule has 0 spiro atoms. The van der Waals surface area contributed by atoms with E-state index in [1.54, 1.807) is 0 Å². The van der Waals surface area contributed by atoms with Crippen molar-refractivity contribution in [1.29, 1.82) is 0 Å². The third-order valence-electron chi connectivity index (χ3n) is 2.11. The van der Waals surface area contributed by atoms with Crippen molar-refractivity contribution in [1.82, 2.24) is 10.3 Å².